The third-order valence-electron chi connectivity index (χ3n) is 5.35. The Hall–Kier alpha value is -0.450. The molecule has 0 radical (unpaired) electrons. The lowest BCUT2D eigenvalue weighted by atomic mass is 10.0. The van der Waals surface area contributed by atoms with Crippen LogP contribution in [0.25, 0.3) is 0 Å². The van der Waals surface area contributed by atoms with Gasteiger partial charge in [0.15, 0.2) is 5.78 Å². The van der Waals surface area contributed by atoms with Crippen molar-refractivity contribution in [2.75, 3.05) is 19.8 Å². The fraction of sp³-hybridized carbons (Fsp3) is 0.957. The molecule has 0 spiro atoms. The SMILES string of the molecule is CCCCCCCCCCCCCCCCCCOC1(C)OCC(=O)CO1. The van der Waals surface area contributed by atoms with E-state index in [9.17, 15) is 4.79 Å². The van der Waals surface area contributed by atoms with Gasteiger partial charge in [-0.3, -0.25) is 4.79 Å². The highest BCUT2D eigenvalue weighted by Crippen LogP contribution is 2.19. The topological polar surface area (TPSA) is 44.8 Å². The molecule has 0 aromatic rings. The van der Waals surface area contributed by atoms with Gasteiger partial charge in [0.1, 0.15) is 13.2 Å². The van der Waals surface area contributed by atoms with E-state index in [0.717, 1.165) is 6.42 Å². The molecule has 4 nitrogen and oxygen atoms in total. The van der Waals surface area contributed by atoms with Crippen LogP contribution in [0.5, 0.6) is 0 Å². The van der Waals surface area contributed by atoms with Crippen LogP contribution in [-0.4, -0.2) is 31.6 Å². The predicted octanol–water partition coefficient (Wildman–Crippen LogP) is 6.55. The van der Waals surface area contributed by atoms with Crippen molar-refractivity contribution in [3.8, 4) is 0 Å². The average Bonchev–Trinajstić information content (AvgIpc) is 2.67. The minimum atomic E-state index is -1.02. The summed E-state index contributed by atoms with van der Waals surface area (Å²) in [5, 5.41) is 0. The smallest absolute Gasteiger partial charge is 0.280 e. The molecule has 0 unspecified atom stereocenters. The Bertz CT molecular complexity index is 346. The van der Waals surface area contributed by atoms with Crippen LogP contribution in [0.3, 0.4) is 0 Å². The molecule has 1 aliphatic heterocycles. The van der Waals surface area contributed by atoms with E-state index in [4.69, 9.17) is 14.2 Å². The second-order valence-corrected chi connectivity index (χ2v) is 8.13. The molecule has 1 heterocycles. The molecule has 0 amide bonds. The van der Waals surface area contributed by atoms with Crippen LogP contribution in [0.4, 0.5) is 0 Å². The van der Waals surface area contributed by atoms with Crippen molar-refractivity contribution >= 4 is 5.78 Å². The van der Waals surface area contributed by atoms with Crippen molar-refractivity contribution in [3.63, 3.8) is 0 Å². The van der Waals surface area contributed by atoms with Crippen molar-refractivity contribution in [1.29, 1.82) is 0 Å². The second kappa shape index (κ2) is 16.5. The molecule has 0 aromatic heterocycles. The predicted molar refractivity (Wildman–Crippen MR) is 111 cm³/mol. The minimum Gasteiger partial charge on any atom is -0.328 e. The summed E-state index contributed by atoms with van der Waals surface area (Å²) in [6.07, 6.45) is 21.8. The summed E-state index contributed by atoms with van der Waals surface area (Å²) < 4.78 is 16.3. The maximum absolute atomic E-state index is 11.1. The molecule has 0 aromatic carbocycles. The molecule has 1 fully saturated rings. The number of ether oxygens (including phenoxy) is 3. The zero-order valence-corrected chi connectivity index (χ0v) is 18.1. The van der Waals surface area contributed by atoms with Gasteiger partial charge in [0.25, 0.3) is 5.97 Å². The molecule has 0 bridgehead atoms. The van der Waals surface area contributed by atoms with Crippen LogP contribution >= 0.6 is 0 Å². The summed E-state index contributed by atoms with van der Waals surface area (Å²) in [6.45, 7) is 4.84. The first kappa shape index (κ1) is 24.6. The number of Topliss-reactive ketones (excluding diaryl/α,β-unsaturated/α-hetero) is 1. The number of carbonyl (C=O) groups is 1. The highest BCUT2D eigenvalue weighted by Gasteiger charge is 2.33. The van der Waals surface area contributed by atoms with E-state index in [-0.39, 0.29) is 19.0 Å². The summed E-state index contributed by atoms with van der Waals surface area (Å²) >= 11 is 0. The molecule has 1 rings (SSSR count). The quantitative estimate of drug-likeness (QED) is 0.251. The summed E-state index contributed by atoms with van der Waals surface area (Å²) in [7, 11) is 0. The van der Waals surface area contributed by atoms with Crippen LogP contribution in [0.1, 0.15) is 117 Å². The van der Waals surface area contributed by atoms with Crippen LogP contribution in [-0.2, 0) is 19.0 Å². The lowest BCUT2D eigenvalue weighted by molar-refractivity contribution is -0.376. The van der Waals surface area contributed by atoms with Crippen molar-refractivity contribution in [2.45, 2.75) is 123 Å². The van der Waals surface area contributed by atoms with Crippen LogP contribution in [0.15, 0.2) is 0 Å². The third-order valence-corrected chi connectivity index (χ3v) is 5.35. The van der Waals surface area contributed by atoms with Gasteiger partial charge in [-0.15, -0.1) is 0 Å². The number of hydrogen-bond donors (Lipinski definition) is 0. The highest BCUT2D eigenvalue weighted by atomic mass is 16.9. The van der Waals surface area contributed by atoms with Crippen molar-refractivity contribution < 1.29 is 19.0 Å². The Morgan fingerprint density at radius 3 is 1.48 bits per heavy atom. The Morgan fingerprint density at radius 1 is 0.704 bits per heavy atom. The molecule has 0 saturated carbocycles. The van der Waals surface area contributed by atoms with Crippen molar-refractivity contribution in [3.05, 3.63) is 0 Å². The van der Waals surface area contributed by atoms with Crippen LogP contribution in [0, 0.1) is 0 Å². The van der Waals surface area contributed by atoms with Gasteiger partial charge in [0.2, 0.25) is 0 Å². The molecule has 160 valence electrons. The summed E-state index contributed by atoms with van der Waals surface area (Å²) in [4.78, 5) is 11.1. The Morgan fingerprint density at radius 2 is 1.07 bits per heavy atom. The first-order valence-electron chi connectivity index (χ1n) is 11.6. The van der Waals surface area contributed by atoms with Crippen LogP contribution < -0.4 is 0 Å². The molecule has 0 N–H and O–H groups in total. The number of hydrogen-bond acceptors (Lipinski definition) is 4. The summed E-state index contributed by atoms with van der Waals surface area (Å²) in [6, 6.07) is 0. The van der Waals surface area contributed by atoms with Crippen molar-refractivity contribution in [2.24, 2.45) is 0 Å². The highest BCUT2D eigenvalue weighted by molar-refractivity contribution is 5.81. The third kappa shape index (κ3) is 14.2. The zero-order valence-electron chi connectivity index (χ0n) is 18.1. The molecular formula is C23H44O4. The van der Waals surface area contributed by atoms with Crippen molar-refractivity contribution in [1.82, 2.24) is 0 Å². The normalized spacial score (nSPS) is 16.7. The minimum absolute atomic E-state index is 0.0292. The van der Waals surface area contributed by atoms with E-state index in [1.165, 1.54) is 96.3 Å². The molecule has 0 aliphatic carbocycles. The zero-order chi connectivity index (χ0) is 19.6. The fourth-order valence-corrected chi connectivity index (χ4v) is 3.50. The van der Waals surface area contributed by atoms with Gasteiger partial charge in [-0.25, -0.2) is 0 Å². The molecule has 1 aliphatic rings. The number of unbranched alkanes of at least 4 members (excludes halogenated alkanes) is 15. The summed E-state index contributed by atoms with van der Waals surface area (Å²) in [5.74, 6) is -1.05. The number of carbonyl (C=O) groups excluding carboxylic acids is 1. The van der Waals surface area contributed by atoms with E-state index in [2.05, 4.69) is 6.92 Å². The lowest BCUT2D eigenvalue weighted by Crippen LogP contribution is -2.44. The molecule has 0 atom stereocenters. The second-order valence-electron chi connectivity index (χ2n) is 8.13. The average molecular weight is 385 g/mol. The van der Waals surface area contributed by atoms with E-state index >= 15 is 0 Å². The molecular weight excluding hydrogens is 340 g/mol. The Balaban J connectivity index is 1.74. The van der Waals surface area contributed by atoms with Gasteiger partial charge in [-0.1, -0.05) is 103 Å². The first-order chi connectivity index (χ1) is 13.2. The van der Waals surface area contributed by atoms with E-state index < -0.39 is 5.97 Å². The monoisotopic (exact) mass is 384 g/mol. The number of ketones is 1. The molecule has 27 heavy (non-hydrogen) atoms. The van der Waals surface area contributed by atoms with E-state index in [0.29, 0.717) is 6.61 Å². The lowest BCUT2D eigenvalue weighted by Gasteiger charge is -2.32. The maximum Gasteiger partial charge on any atom is 0.280 e. The van der Waals surface area contributed by atoms with Gasteiger partial charge < -0.3 is 14.2 Å². The van der Waals surface area contributed by atoms with E-state index in [1.807, 2.05) is 0 Å². The van der Waals surface area contributed by atoms with Gasteiger partial charge in [-0.2, -0.15) is 0 Å². The van der Waals surface area contributed by atoms with Gasteiger partial charge in [0.05, 0.1) is 6.61 Å². The standard InChI is InChI=1S/C23H44O4/c1-3-4-5-6-7-8-9-10-11-12-13-14-15-16-17-18-19-25-23(2)26-20-22(24)21-27-23/h3-21H2,1-2H3. The van der Waals surface area contributed by atoms with Gasteiger partial charge in [-0.05, 0) is 6.42 Å². The summed E-state index contributed by atoms with van der Waals surface area (Å²) in [5.41, 5.74) is 0. The first-order valence-corrected chi connectivity index (χ1v) is 11.6. The Kier molecular flexibility index (Phi) is 15.0. The van der Waals surface area contributed by atoms with E-state index in [1.54, 1.807) is 6.92 Å². The number of rotatable bonds is 18. The maximum atomic E-state index is 11.1. The van der Waals surface area contributed by atoms with Crippen LogP contribution in [0.2, 0.25) is 0 Å². The van der Waals surface area contributed by atoms with Gasteiger partial charge in [0, 0.05) is 6.92 Å². The Labute approximate surface area is 167 Å². The largest absolute Gasteiger partial charge is 0.328 e. The molecule has 1 saturated heterocycles. The van der Waals surface area contributed by atoms with Gasteiger partial charge >= 0.3 is 0 Å². The fourth-order valence-electron chi connectivity index (χ4n) is 3.50. The molecule has 4 heteroatoms.